The van der Waals surface area contributed by atoms with E-state index in [1.165, 1.54) is 16.8 Å². The van der Waals surface area contributed by atoms with Crippen LogP contribution in [0.2, 0.25) is 0 Å². The van der Waals surface area contributed by atoms with Crippen LogP contribution in [0.25, 0.3) is 0 Å². The first-order chi connectivity index (χ1) is 12.3. The normalized spacial score (nSPS) is 23.3. The van der Waals surface area contributed by atoms with Gasteiger partial charge in [-0.1, -0.05) is 82.7 Å². The Morgan fingerprint density at radius 2 is 1.28 bits per heavy atom. The van der Waals surface area contributed by atoms with Crippen molar-refractivity contribution in [1.82, 2.24) is 0 Å². The van der Waals surface area contributed by atoms with Gasteiger partial charge in [-0.15, -0.1) is 0 Å². The first kappa shape index (κ1) is 15.2. The minimum absolute atomic E-state index is 0.199. The first-order valence-corrected chi connectivity index (χ1v) is 9.71. The van der Waals surface area contributed by atoms with Gasteiger partial charge in [0.25, 0.3) is 0 Å². The van der Waals surface area contributed by atoms with Crippen molar-refractivity contribution < 1.29 is 0 Å². The van der Waals surface area contributed by atoms with Crippen LogP contribution >= 0.6 is 15.9 Å². The molecule has 1 saturated carbocycles. The SMILES string of the molecule is Brc1cccc(N2CC3C(C2)C3(c2ccccc2)c2ccccc2)c1. The lowest BCUT2D eigenvalue weighted by Crippen LogP contribution is -2.31. The van der Waals surface area contributed by atoms with Crippen molar-refractivity contribution in [3.8, 4) is 0 Å². The summed E-state index contributed by atoms with van der Waals surface area (Å²) >= 11 is 3.60. The number of halogens is 1. The third-order valence-corrected chi connectivity index (χ3v) is 6.55. The molecule has 2 fully saturated rings. The van der Waals surface area contributed by atoms with Crippen LogP contribution in [0.1, 0.15) is 11.1 Å². The summed E-state index contributed by atoms with van der Waals surface area (Å²) in [5, 5.41) is 0. The highest BCUT2D eigenvalue weighted by molar-refractivity contribution is 9.10. The maximum absolute atomic E-state index is 3.60. The van der Waals surface area contributed by atoms with Crippen molar-refractivity contribution in [3.05, 3.63) is 101 Å². The Balaban J connectivity index is 1.51. The molecule has 1 heterocycles. The number of hydrogen-bond donors (Lipinski definition) is 0. The van der Waals surface area contributed by atoms with Gasteiger partial charge in [0.2, 0.25) is 0 Å². The van der Waals surface area contributed by atoms with Crippen LogP contribution in [-0.2, 0) is 5.41 Å². The highest BCUT2D eigenvalue weighted by Crippen LogP contribution is 2.67. The number of benzene rings is 3. The average Bonchev–Trinajstić information content (AvgIpc) is 3.06. The monoisotopic (exact) mass is 389 g/mol. The Labute approximate surface area is 157 Å². The molecule has 0 N–H and O–H groups in total. The average molecular weight is 390 g/mol. The number of nitrogens with zero attached hydrogens (tertiary/aromatic N) is 1. The molecular formula is C23H20BrN. The quantitative estimate of drug-likeness (QED) is 0.571. The number of anilines is 1. The van der Waals surface area contributed by atoms with Crippen molar-refractivity contribution in [2.24, 2.45) is 11.8 Å². The minimum atomic E-state index is 0.199. The summed E-state index contributed by atoms with van der Waals surface area (Å²) in [6.07, 6.45) is 0. The largest absolute Gasteiger partial charge is 0.371 e. The van der Waals surface area contributed by atoms with Gasteiger partial charge in [0, 0.05) is 28.7 Å². The van der Waals surface area contributed by atoms with Gasteiger partial charge in [-0.25, -0.2) is 0 Å². The van der Waals surface area contributed by atoms with E-state index in [0.29, 0.717) is 11.8 Å². The summed E-state index contributed by atoms with van der Waals surface area (Å²) in [5.41, 5.74) is 4.48. The summed E-state index contributed by atoms with van der Waals surface area (Å²) < 4.78 is 1.16. The van der Waals surface area contributed by atoms with Crippen molar-refractivity contribution >= 4 is 21.6 Å². The van der Waals surface area contributed by atoms with E-state index in [1.54, 1.807) is 0 Å². The predicted octanol–water partition coefficient (Wildman–Crippen LogP) is 5.50. The molecule has 0 radical (unpaired) electrons. The molecule has 0 amide bonds. The fourth-order valence-electron chi connectivity index (χ4n) is 4.96. The maximum Gasteiger partial charge on any atom is 0.0377 e. The molecule has 124 valence electrons. The molecule has 0 spiro atoms. The Kier molecular flexibility index (Phi) is 3.49. The van der Waals surface area contributed by atoms with Gasteiger partial charge in [-0.05, 0) is 41.2 Å². The van der Waals surface area contributed by atoms with E-state index in [9.17, 15) is 0 Å². The molecule has 0 bridgehead atoms. The number of piperidine rings is 1. The van der Waals surface area contributed by atoms with Gasteiger partial charge >= 0.3 is 0 Å². The van der Waals surface area contributed by atoms with E-state index in [0.717, 1.165) is 17.6 Å². The third-order valence-electron chi connectivity index (χ3n) is 6.06. The minimum Gasteiger partial charge on any atom is -0.371 e. The molecule has 2 heteroatoms. The number of hydrogen-bond acceptors (Lipinski definition) is 1. The highest BCUT2D eigenvalue weighted by Gasteiger charge is 2.69. The zero-order valence-electron chi connectivity index (χ0n) is 14.0. The van der Waals surface area contributed by atoms with Crippen LogP contribution in [0, 0.1) is 11.8 Å². The van der Waals surface area contributed by atoms with Crippen LogP contribution in [0.15, 0.2) is 89.4 Å². The van der Waals surface area contributed by atoms with Crippen LogP contribution in [0.3, 0.4) is 0 Å². The fraction of sp³-hybridized carbons (Fsp3) is 0.217. The second-order valence-corrected chi connectivity index (χ2v) is 8.11. The van der Waals surface area contributed by atoms with Gasteiger partial charge in [-0.3, -0.25) is 0 Å². The Morgan fingerprint density at radius 1 is 0.720 bits per heavy atom. The first-order valence-electron chi connectivity index (χ1n) is 8.91. The molecule has 0 aromatic heterocycles. The number of rotatable bonds is 3. The molecule has 3 aromatic carbocycles. The molecule has 1 nitrogen and oxygen atoms in total. The van der Waals surface area contributed by atoms with Crippen LogP contribution in [0.5, 0.6) is 0 Å². The molecule has 2 unspecified atom stereocenters. The van der Waals surface area contributed by atoms with Gasteiger partial charge in [-0.2, -0.15) is 0 Å². The molecule has 25 heavy (non-hydrogen) atoms. The van der Waals surface area contributed by atoms with Gasteiger partial charge in [0.05, 0.1) is 0 Å². The summed E-state index contributed by atoms with van der Waals surface area (Å²) in [7, 11) is 0. The van der Waals surface area contributed by atoms with Crippen molar-refractivity contribution in [2.75, 3.05) is 18.0 Å². The Morgan fingerprint density at radius 3 is 1.80 bits per heavy atom. The standard InChI is InChI=1S/C23H20BrN/c24-19-12-7-13-20(14-19)25-15-21-22(16-25)23(21,17-8-3-1-4-9-17)18-10-5-2-6-11-18/h1-14,21-22H,15-16H2. The van der Waals surface area contributed by atoms with E-state index in [-0.39, 0.29) is 5.41 Å². The predicted molar refractivity (Wildman–Crippen MR) is 107 cm³/mol. The van der Waals surface area contributed by atoms with Crippen LogP contribution < -0.4 is 4.90 Å². The lowest BCUT2D eigenvalue weighted by molar-refractivity contribution is 0.631. The molecule has 2 atom stereocenters. The maximum atomic E-state index is 3.60. The lowest BCUT2D eigenvalue weighted by Gasteiger charge is -2.29. The molecule has 1 aliphatic carbocycles. The van der Waals surface area contributed by atoms with Crippen molar-refractivity contribution in [2.45, 2.75) is 5.41 Å². The fourth-order valence-corrected chi connectivity index (χ4v) is 5.35. The van der Waals surface area contributed by atoms with E-state index < -0.39 is 0 Å². The highest BCUT2D eigenvalue weighted by atomic mass is 79.9. The summed E-state index contributed by atoms with van der Waals surface area (Å²) in [6, 6.07) is 30.9. The molecule has 3 aromatic rings. The van der Waals surface area contributed by atoms with Gasteiger partial charge in [0.1, 0.15) is 0 Å². The Bertz CT molecular complexity index is 837. The summed E-state index contributed by atoms with van der Waals surface area (Å²) in [4.78, 5) is 2.55. The van der Waals surface area contributed by atoms with Crippen LogP contribution in [-0.4, -0.2) is 13.1 Å². The lowest BCUT2D eigenvalue weighted by atomic mass is 9.83. The van der Waals surface area contributed by atoms with Gasteiger partial charge in [0.15, 0.2) is 0 Å². The van der Waals surface area contributed by atoms with E-state index in [2.05, 4.69) is 106 Å². The van der Waals surface area contributed by atoms with E-state index in [4.69, 9.17) is 0 Å². The molecule has 1 aliphatic heterocycles. The van der Waals surface area contributed by atoms with E-state index in [1.807, 2.05) is 0 Å². The third kappa shape index (κ3) is 2.27. The molecular weight excluding hydrogens is 370 g/mol. The second kappa shape index (κ2) is 5.74. The zero-order valence-corrected chi connectivity index (χ0v) is 15.6. The molecule has 5 rings (SSSR count). The topological polar surface area (TPSA) is 3.24 Å². The van der Waals surface area contributed by atoms with Crippen molar-refractivity contribution in [1.29, 1.82) is 0 Å². The molecule has 1 saturated heterocycles. The van der Waals surface area contributed by atoms with E-state index >= 15 is 0 Å². The smallest absolute Gasteiger partial charge is 0.0377 e. The number of fused-ring (bicyclic) bond motifs is 1. The summed E-state index contributed by atoms with van der Waals surface area (Å²) in [6.45, 7) is 2.26. The Hall–Kier alpha value is -2.06. The van der Waals surface area contributed by atoms with Crippen LogP contribution in [0.4, 0.5) is 5.69 Å². The van der Waals surface area contributed by atoms with Gasteiger partial charge < -0.3 is 4.90 Å². The molecule has 2 aliphatic rings. The second-order valence-electron chi connectivity index (χ2n) is 7.20. The summed E-state index contributed by atoms with van der Waals surface area (Å²) in [5.74, 6) is 1.38. The van der Waals surface area contributed by atoms with Crippen molar-refractivity contribution in [3.63, 3.8) is 0 Å². The zero-order chi connectivity index (χ0) is 16.9.